The number of amides is 1. The van der Waals surface area contributed by atoms with E-state index < -0.39 is 14.0 Å². The van der Waals surface area contributed by atoms with Crippen LogP contribution in [-0.4, -0.2) is 62.8 Å². The van der Waals surface area contributed by atoms with Crippen molar-refractivity contribution in [3.63, 3.8) is 0 Å². The molecule has 1 aromatic carbocycles. The Kier molecular flexibility index (Phi) is 7.03. The van der Waals surface area contributed by atoms with E-state index in [1.165, 1.54) is 0 Å². The summed E-state index contributed by atoms with van der Waals surface area (Å²) in [6.07, 6.45) is 1.05. The summed E-state index contributed by atoms with van der Waals surface area (Å²) in [4.78, 5) is 29.3. The number of carbonyl (C=O) groups excluding carboxylic acids is 1. The molecule has 0 aliphatic carbocycles. The maximum absolute atomic E-state index is 12.9. The Hall–Kier alpha value is -2.04. The molecular formula is C23H29N3O5SSeSi. The number of thiocarbonyl (C=S) groups is 1. The van der Waals surface area contributed by atoms with E-state index in [-0.39, 0.29) is 58.9 Å². The fraction of sp³-hybridized carbons (Fsp3) is 0.478. The van der Waals surface area contributed by atoms with Crippen LogP contribution in [0.3, 0.4) is 0 Å². The van der Waals surface area contributed by atoms with Crippen molar-refractivity contribution in [1.82, 2.24) is 9.55 Å². The van der Waals surface area contributed by atoms with E-state index in [0.29, 0.717) is 12.2 Å². The minimum absolute atomic E-state index is 0.0476. The third-order valence-corrected chi connectivity index (χ3v) is 14.4. The standard InChI is InChI=1S/C23H29N3O5SSeSi/c1-23(2,3)34(4,5)29-13-15-17-18(31-22(32)30-17)20(33-15)26-12-11-16(25-21(26)28)24-19(27)14-9-7-6-8-10-14/h6-12,15,17-18,20H,13H2,1-5H3,(H,24,25,27,28)/t15-,17-,18-,20-/m1/s1. The molecule has 2 saturated heterocycles. The number of ether oxygens (including phenoxy) is 2. The summed E-state index contributed by atoms with van der Waals surface area (Å²) in [6, 6.07) is 10.4. The maximum atomic E-state index is 12.9. The summed E-state index contributed by atoms with van der Waals surface area (Å²) < 4.78 is 19.7. The molecule has 4 rings (SSSR count). The Labute approximate surface area is 211 Å². The van der Waals surface area contributed by atoms with Crippen molar-refractivity contribution in [2.75, 3.05) is 11.9 Å². The van der Waals surface area contributed by atoms with Gasteiger partial charge in [0.05, 0.1) is 0 Å². The molecule has 0 bridgehead atoms. The van der Waals surface area contributed by atoms with Gasteiger partial charge in [-0.25, -0.2) is 0 Å². The zero-order valence-electron chi connectivity index (χ0n) is 19.8. The average molecular weight is 567 g/mol. The molecule has 182 valence electrons. The molecule has 0 radical (unpaired) electrons. The van der Waals surface area contributed by atoms with Crippen LogP contribution in [0.4, 0.5) is 5.82 Å². The third-order valence-electron chi connectivity index (χ3n) is 6.55. The monoisotopic (exact) mass is 567 g/mol. The van der Waals surface area contributed by atoms with Crippen LogP contribution < -0.4 is 11.0 Å². The number of hydrogen-bond acceptors (Lipinski definition) is 7. The summed E-state index contributed by atoms with van der Waals surface area (Å²) in [5.74, 6) is -0.120. The van der Waals surface area contributed by atoms with Gasteiger partial charge >= 0.3 is 212 Å². The number of anilines is 1. The molecule has 0 spiro atoms. The fourth-order valence-corrected chi connectivity index (χ4v) is 8.27. The van der Waals surface area contributed by atoms with E-state index in [1.54, 1.807) is 41.1 Å². The summed E-state index contributed by atoms with van der Waals surface area (Å²) in [5, 5.41) is 2.89. The van der Waals surface area contributed by atoms with Gasteiger partial charge in [-0.05, 0) is 0 Å². The molecule has 1 N–H and O–H groups in total. The van der Waals surface area contributed by atoms with E-state index in [9.17, 15) is 9.59 Å². The Morgan fingerprint density at radius 2 is 1.88 bits per heavy atom. The van der Waals surface area contributed by atoms with E-state index in [2.05, 4.69) is 44.2 Å². The van der Waals surface area contributed by atoms with Crippen LogP contribution >= 0.6 is 12.2 Å². The summed E-state index contributed by atoms with van der Waals surface area (Å²) >= 11 is 5.13. The van der Waals surface area contributed by atoms with Crippen molar-refractivity contribution in [1.29, 1.82) is 0 Å². The van der Waals surface area contributed by atoms with Gasteiger partial charge in [0.25, 0.3) is 0 Å². The van der Waals surface area contributed by atoms with Crippen LogP contribution in [0.25, 0.3) is 0 Å². The number of hydrogen-bond donors (Lipinski definition) is 1. The fourth-order valence-electron chi connectivity index (χ4n) is 3.54. The molecule has 0 unspecified atom stereocenters. The summed E-state index contributed by atoms with van der Waals surface area (Å²) in [5.41, 5.74) is 0.0360. The van der Waals surface area contributed by atoms with Crippen molar-refractivity contribution in [2.45, 2.75) is 60.9 Å². The van der Waals surface area contributed by atoms with Crippen LogP contribution in [0, 0.1) is 0 Å². The van der Waals surface area contributed by atoms with Crippen molar-refractivity contribution in [2.24, 2.45) is 0 Å². The number of carbonyl (C=O) groups is 1. The zero-order chi connectivity index (χ0) is 24.7. The topological polar surface area (TPSA) is 91.7 Å². The molecule has 1 aromatic heterocycles. The average Bonchev–Trinajstić information content (AvgIpc) is 3.30. The van der Waals surface area contributed by atoms with Crippen molar-refractivity contribution < 1.29 is 18.7 Å². The molecule has 3 heterocycles. The second-order valence-corrected chi connectivity index (χ2v) is 17.9. The number of benzene rings is 1. The van der Waals surface area contributed by atoms with E-state index in [4.69, 9.17) is 26.1 Å². The molecule has 4 atom stereocenters. The third kappa shape index (κ3) is 5.13. The normalized spacial score (nSPS) is 24.3. The quantitative estimate of drug-likeness (QED) is 0.422. The molecule has 2 fully saturated rings. The van der Waals surface area contributed by atoms with Gasteiger partial charge in [-0.15, -0.1) is 0 Å². The van der Waals surface area contributed by atoms with Gasteiger partial charge in [0.15, 0.2) is 0 Å². The van der Waals surface area contributed by atoms with Crippen LogP contribution in [0.15, 0.2) is 47.4 Å². The Morgan fingerprint density at radius 3 is 2.53 bits per heavy atom. The SMILES string of the molecule is CC(C)(C)[Si](C)(C)OC[C@H]1[Se][C@@H](n2ccc(NC(=O)c3ccccc3)nc2=O)[C@@H]2OC(=S)O[C@@H]21. The molecule has 0 saturated carbocycles. The second kappa shape index (κ2) is 9.54. The van der Waals surface area contributed by atoms with Gasteiger partial charge in [0.2, 0.25) is 0 Å². The minimum atomic E-state index is -1.94. The number of fused-ring (bicyclic) bond motifs is 1. The molecule has 8 nitrogen and oxygen atoms in total. The van der Waals surface area contributed by atoms with Crippen molar-refractivity contribution in [3.05, 3.63) is 58.6 Å². The van der Waals surface area contributed by atoms with Crippen molar-refractivity contribution in [3.8, 4) is 0 Å². The first-order valence-electron chi connectivity index (χ1n) is 11.1. The van der Waals surface area contributed by atoms with Gasteiger partial charge in [-0.2, -0.15) is 0 Å². The van der Waals surface area contributed by atoms with Crippen LogP contribution in [0.2, 0.25) is 22.9 Å². The first-order valence-corrected chi connectivity index (χ1v) is 16.4. The zero-order valence-corrected chi connectivity index (χ0v) is 23.3. The van der Waals surface area contributed by atoms with Crippen molar-refractivity contribution >= 4 is 52.5 Å². The predicted octanol–water partition coefficient (Wildman–Crippen LogP) is 3.59. The Morgan fingerprint density at radius 1 is 1.21 bits per heavy atom. The van der Waals surface area contributed by atoms with Gasteiger partial charge in [-0.3, -0.25) is 0 Å². The van der Waals surface area contributed by atoms with E-state index in [1.807, 2.05) is 6.07 Å². The first-order chi connectivity index (χ1) is 16.0. The van der Waals surface area contributed by atoms with Gasteiger partial charge in [-0.1, -0.05) is 0 Å². The summed E-state index contributed by atoms with van der Waals surface area (Å²) in [7, 11) is -1.94. The predicted molar refractivity (Wildman–Crippen MR) is 137 cm³/mol. The van der Waals surface area contributed by atoms with Crippen LogP contribution in [0.1, 0.15) is 36.1 Å². The Balaban J connectivity index is 1.50. The van der Waals surface area contributed by atoms with Crippen LogP contribution in [0.5, 0.6) is 0 Å². The molecule has 2 aromatic rings. The Bertz CT molecular complexity index is 1140. The van der Waals surface area contributed by atoms with Crippen LogP contribution in [-0.2, 0) is 13.9 Å². The molecule has 1 amide bonds. The summed E-state index contributed by atoms with van der Waals surface area (Å²) in [6.45, 7) is 11.6. The molecule has 34 heavy (non-hydrogen) atoms. The van der Waals surface area contributed by atoms with Gasteiger partial charge in [0, 0.05) is 0 Å². The van der Waals surface area contributed by atoms with E-state index >= 15 is 0 Å². The molecule has 2 aliphatic rings. The number of aromatic nitrogens is 2. The molecular weight excluding hydrogens is 537 g/mol. The molecule has 11 heteroatoms. The van der Waals surface area contributed by atoms with Gasteiger partial charge in [0.1, 0.15) is 0 Å². The number of nitrogens with zero attached hydrogens (tertiary/aromatic N) is 2. The molecule has 2 aliphatic heterocycles. The number of rotatable bonds is 6. The second-order valence-electron chi connectivity index (χ2n) is 9.87. The van der Waals surface area contributed by atoms with E-state index in [0.717, 1.165) is 0 Å². The number of nitrogens with one attached hydrogen (secondary N) is 1. The van der Waals surface area contributed by atoms with Gasteiger partial charge < -0.3 is 0 Å². The first kappa shape index (κ1) is 25.1.